The Morgan fingerprint density at radius 1 is 1.27 bits per heavy atom. The zero-order valence-electron chi connectivity index (χ0n) is 13.0. The summed E-state index contributed by atoms with van der Waals surface area (Å²) >= 11 is 0. The van der Waals surface area contributed by atoms with E-state index in [4.69, 9.17) is 4.52 Å². The van der Waals surface area contributed by atoms with E-state index in [1.165, 1.54) is 0 Å². The molecule has 0 fully saturated rings. The third-order valence-electron chi connectivity index (χ3n) is 3.87. The molecule has 2 heterocycles. The molecule has 0 aliphatic rings. The maximum Gasteiger partial charge on any atom is 0.258 e. The summed E-state index contributed by atoms with van der Waals surface area (Å²) in [7, 11) is 1.76. The summed E-state index contributed by atoms with van der Waals surface area (Å²) in [5.41, 5.74) is 2.93. The molecule has 1 aromatic carbocycles. The number of rotatable bonds is 4. The van der Waals surface area contributed by atoms with Crippen molar-refractivity contribution in [3.63, 3.8) is 0 Å². The average Bonchev–Trinajstić information content (AvgIpc) is 2.97. The van der Waals surface area contributed by atoms with Crippen molar-refractivity contribution in [2.75, 3.05) is 5.32 Å². The lowest BCUT2D eigenvalue weighted by Gasteiger charge is -2.10. The highest BCUT2D eigenvalue weighted by molar-refractivity contribution is 5.93. The largest absolute Gasteiger partial charge is 0.379 e. The number of anilines is 1. The monoisotopic (exact) mass is 297 g/mol. The molecule has 0 saturated carbocycles. The Balaban J connectivity index is 1.93. The number of nitrogens with zero attached hydrogens (tertiary/aromatic N) is 2. The molecule has 0 atom stereocenters. The summed E-state index contributed by atoms with van der Waals surface area (Å²) in [6.45, 7) is 4.79. The Labute approximate surface area is 128 Å². The molecule has 0 aliphatic carbocycles. The molecule has 5 nitrogen and oxygen atoms in total. The van der Waals surface area contributed by atoms with E-state index in [1.807, 2.05) is 24.3 Å². The number of nitrogens with one attached hydrogen (secondary N) is 1. The Bertz CT molecular complexity index is 862. The normalized spacial score (nSPS) is 11.3. The van der Waals surface area contributed by atoms with Crippen LogP contribution in [0.4, 0.5) is 5.69 Å². The molecule has 2 aromatic heterocycles. The van der Waals surface area contributed by atoms with Crippen molar-refractivity contribution in [2.45, 2.75) is 26.3 Å². The van der Waals surface area contributed by atoms with Crippen molar-refractivity contribution >= 4 is 16.5 Å². The maximum atomic E-state index is 12.2. The molecule has 0 saturated heterocycles. The second-order valence-electron chi connectivity index (χ2n) is 5.72. The zero-order valence-corrected chi connectivity index (χ0v) is 13.0. The highest BCUT2D eigenvalue weighted by atomic mass is 16.5. The van der Waals surface area contributed by atoms with Crippen LogP contribution in [0.2, 0.25) is 0 Å². The number of hydrogen-bond acceptors (Lipinski definition) is 4. The second-order valence-corrected chi connectivity index (χ2v) is 5.72. The van der Waals surface area contributed by atoms with Crippen LogP contribution in [0.5, 0.6) is 0 Å². The van der Waals surface area contributed by atoms with E-state index >= 15 is 0 Å². The van der Waals surface area contributed by atoms with Gasteiger partial charge >= 0.3 is 0 Å². The van der Waals surface area contributed by atoms with Crippen LogP contribution in [0.1, 0.15) is 31.0 Å². The summed E-state index contributed by atoms with van der Waals surface area (Å²) in [4.78, 5) is 12.2. The molecule has 0 amide bonds. The first-order valence-electron chi connectivity index (χ1n) is 7.33. The summed E-state index contributed by atoms with van der Waals surface area (Å²) in [6, 6.07) is 7.65. The molecule has 1 N–H and O–H groups in total. The van der Waals surface area contributed by atoms with Gasteiger partial charge in [-0.25, -0.2) is 0 Å². The smallest absolute Gasteiger partial charge is 0.258 e. The number of pyridine rings is 1. The van der Waals surface area contributed by atoms with Gasteiger partial charge in [-0.15, -0.1) is 0 Å². The SMILES string of the molecule is CC(C)c1conc1CNc1cccc2c(=O)n(C)ccc12. The molecule has 0 bridgehead atoms. The van der Waals surface area contributed by atoms with Gasteiger partial charge in [-0.3, -0.25) is 4.79 Å². The van der Waals surface area contributed by atoms with E-state index in [1.54, 1.807) is 24.1 Å². The Kier molecular flexibility index (Phi) is 3.71. The summed E-state index contributed by atoms with van der Waals surface area (Å²) < 4.78 is 6.66. The number of aryl methyl sites for hydroxylation is 1. The summed E-state index contributed by atoms with van der Waals surface area (Å²) in [5, 5.41) is 9.05. The predicted molar refractivity (Wildman–Crippen MR) is 87.1 cm³/mol. The van der Waals surface area contributed by atoms with Crippen LogP contribution in [-0.4, -0.2) is 9.72 Å². The molecular formula is C17H19N3O2. The van der Waals surface area contributed by atoms with Crippen molar-refractivity contribution in [2.24, 2.45) is 7.05 Å². The molecule has 0 unspecified atom stereocenters. The third-order valence-corrected chi connectivity index (χ3v) is 3.87. The van der Waals surface area contributed by atoms with E-state index in [-0.39, 0.29) is 5.56 Å². The van der Waals surface area contributed by atoms with Gasteiger partial charge in [0.1, 0.15) is 12.0 Å². The Morgan fingerprint density at radius 2 is 2.09 bits per heavy atom. The van der Waals surface area contributed by atoms with E-state index < -0.39 is 0 Å². The molecule has 3 rings (SSSR count). The van der Waals surface area contributed by atoms with E-state index in [9.17, 15) is 4.79 Å². The fourth-order valence-corrected chi connectivity index (χ4v) is 2.58. The van der Waals surface area contributed by atoms with Crippen molar-refractivity contribution in [1.82, 2.24) is 9.72 Å². The second kappa shape index (κ2) is 5.67. The van der Waals surface area contributed by atoms with Gasteiger partial charge in [0.2, 0.25) is 0 Å². The quantitative estimate of drug-likeness (QED) is 0.803. The van der Waals surface area contributed by atoms with Crippen molar-refractivity contribution < 1.29 is 4.52 Å². The first-order valence-corrected chi connectivity index (χ1v) is 7.33. The van der Waals surface area contributed by atoms with Gasteiger partial charge in [0, 0.05) is 35.3 Å². The number of aromatic nitrogens is 2. The molecule has 5 heteroatoms. The minimum Gasteiger partial charge on any atom is -0.379 e. The topological polar surface area (TPSA) is 60.1 Å². The van der Waals surface area contributed by atoms with Crippen LogP contribution in [0.3, 0.4) is 0 Å². The Morgan fingerprint density at radius 3 is 2.86 bits per heavy atom. The van der Waals surface area contributed by atoms with Crippen LogP contribution >= 0.6 is 0 Å². The lowest BCUT2D eigenvalue weighted by Crippen LogP contribution is -2.16. The average molecular weight is 297 g/mol. The van der Waals surface area contributed by atoms with Crippen molar-refractivity contribution in [3.05, 3.63) is 58.3 Å². The molecule has 0 spiro atoms. The fraction of sp³-hybridized carbons (Fsp3) is 0.294. The molecule has 0 aliphatic heterocycles. The lowest BCUT2D eigenvalue weighted by atomic mass is 10.0. The van der Waals surface area contributed by atoms with Gasteiger partial charge in [0.15, 0.2) is 0 Å². The predicted octanol–water partition coefficient (Wildman–Crippen LogP) is 3.26. The van der Waals surface area contributed by atoms with Crippen LogP contribution < -0.4 is 10.9 Å². The highest BCUT2D eigenvalue weighted by Gasteiger charge is 2.12. The lowest BCUT2D eigenvalue weighted by molar-refractivity contribution is 0.412. The van der Waals surface area contributed by atoms with Gasteiger partial charge in [-0.05, 0) is 24.1 Å². The van der Waals surface area contributed by atoms with E-state index in [0.29, 0.717) is 17.8 Å². The number of fused-ring (bicyclic) bond motifs is 1. The highest BCUT2D eigenvalue weighted by Crippen LogP contribution is 2.23. The third kappa shape index (κ3) is 2.50. The minimum absolute atomic E-state index is 0.00505. The van der Waals surface area contributed by atoms with Crippen LogP contribution in [0, 0.1) is 0 Å². The summed E-state index contributed by atoms with van der Waals surface area (Å²) in [6.07, 6.45) is 3.48. The maximum absolute atomic E-state index is 12.2. The van der Waals surface area contributed by atoms with Gasteiger partial charge in [-0.1, -0.05) is 25.1 Å². The van der Waals surface area contributed by atoms with Gasteiger partial charge in [-0.2, -0.15) is 0 Å². The molecule has 3 aromatic rings. The molecular weight excluding hydrogens is 278 g/mol. The molecule has 22 heavy (non-hydrogen) atoms. The first kappa shape index (κ1) is 14.4. The van der Waals surface area contributed by atoms with Crippen LogP contribution in [-0.2, 0) is 13.6 Å². The Hall–Kier alpha value is -2.56. The van der Waals surface area contributed by atoms with E-state index in [2.05, 4.69) is 24.3 Å². The van der Waals surface area contributed by atoms with Crippen LogP contribution in [0.25, 0.3) is 10.8 Å². The van der Waals surface area contributed by atoms with Crippen molar-refractivity contribution in [3.8, 4) is 0 Å². The summed E-state index contributed by atoms with van der Waals surface area (Å²) in [5.74, 6) is 0.364. The van der Waals surface area contributed by atoms with Gasteiger partial charge < -0.3 is 14.4 Å². The van der Waals surface area contributed by atoms with Gasteiger partial charge in [0.05, 0.1) is 6.54 Å². The number of hydrogen-bond donors (Lipinski definition) is 1. The molecule has 0 radical (unpaired) electrons. The standard InChI is InChI=1S/C17H19N3O2/c1-11(2)14-10-22-19-16(14)9-18-15-6-4-5-13-12(15)7-8-20(3)17(13)21/h4-8,10-11,18H,9H2,1-3H3. The zero-order chi connectivity index (χ0) is 15.7. The van der Waals surface area contributed by atoms with Crippen LogP contribution in [0.15, 0.2) is 46.0 Å². The number of benzene rings is 1. The first-order chi connectivity index (χ1) is 10.6. The van der Waals surface area contributed by atoms with Gasteiger partial charge in [0.25, 0.3) is 5.56 Å². The minimum atomic E-state index is 0.00505. The molecule has 114 valence electrons. The van der Waals surface area contributed by atoms with E-state index in [0.717, 1.165) is 22.3 Å². The van der Waals surface area contributed by atoms with Crippen molar-refractivity contribution in [1.29, 1.82) is 0 Å². The fourth-order valence-electron chi connectivity index (χ4n) is 2.58.